The summed E-state index contributed by atoms with van der Waals surface area (Å²) in [5, 5.41) is 10.3. The van der Waals surface area contributed by atoms with Crippen molar-refractivity contribution in [2.45, 2.75) is 12.5 Å². The molecule has 9 aromatic carbocycles. The van der Waals surface area contributed by atoms with E-state index in [1.54, 1.807) is 0 Å². The summed E-state index contributed by atoms with van der Waals surface area (Å²) < 4.78 is 2.45. The molecule has 0 fully saturated rings. The van der Waals surface area contributed by atoms with Gasteiger partial charge in [0.2, 0.25) is 0 Å². The molecular formula is C54H36N2. The maximum Gasteiger partial charge on any atom is 0.0632 e. The second kappa shape index (κ2) is 12.2. The average molecular weight is 713 g/mol. The zero-order valence-corrected chi connectivity index (χ0v) is 30.7. The Labute approximate surface area is 325 Å². The highest BCUT2D eigenvalue weighted by atomic mass is 15.2. The Morgan fingerprint density at radius 3 is 1.73 bits per heavy atom. The molecule has 0 spiro atoms. The fraction of sp³-hybridized carbons (Fsp3) is 0.0370. The third kappa shape index (κ3) is 4.63. The van der Waals surface area contributed by atoms with Crippen molar-refractivity contribution in [1.82, 2.24) is 4.57 Å². The number of hydrogen-bond acceptors (Lipinski definition) is 1. The van der Waals surface area contributed by atoms with Gasteiger partial charge in [-0.25, -0.2) is 0 Å². The number of benzene rings is 9. The molecule has 2 heterocycles. The minimum atomic E-state index is 0.283. The Morgan fingerprint density at radius 1 is 0.393 bits per heavy atom. The first-order chi connectivity index (χ1) is 27.8. The van der Waals surface area contributed by atoms with Gasteiger partial charge in [-0.2, -0.15) is 0 Å². The van der Waals surface area contributed by atoms with Crippen LogP contribution in [-0.4, -0.2) is 10.6 Å². The molecule has 1 aliphatic heterocycles. The van der Waals surface area contributed by atoms with Gasteiger partial charge < -0.3 is 9.47 Å². The third-order valence-electron chi connectivity index (χ3n) is 12.3. The van der Waals surface area contributed by atoms with Gasteiger partial charge in [0.05, 0.1) is 17.1 Å². The van der Waals surface area contributed by atoms with Crippen LogP contribution in [0, 0.1) is 0 Å². The number of hydrogen-bond donors (Lipinski definition) is 0. The minimum Gasteiger partial charge on any atom is -0.333 e. The molecule has 0 saturated heterocycles. The van der Waals surface area contributed by atoms with Crippen molar-refractivity contribution in [2.24, 2.45) is 0 Å². The van der Waals surface area contributed by atoms with Crippen LogP contribution in [0.4, 0.5) is 11.4 Å². The Morgan fingerprint density at radius 2 is 0.964 bits per heavy atom. The Kier molecular flexibility index (Phi) is 6.79. The monoisotopic (exact) mass is 712 g/mol. The van der Waals surface area contributed by atoms with Crippen LogP contribution < -0.4 is 4.90 Å². The molecule has 1 aliphatic carbocycles. The number of aromatic nitrogens is 1. The first-order valence-electron chi connectivity index (χ1n) is 19.6. The Balaban J connectivity index is 0.979. The standard InChI is InChI=1S/C54H36N2/c1-2-12-35(13-3-1)36-22-26-39(27-23-36)55-51-20-10-8-18-46(51)49-32-37(24-30-53(49)55)38-25-31-54-50(33-38)47-19-9-11-21-52(47)56(54)40-28-29-45-43-16-5-4-14-41(43)42-15-6-7-17-44(42)48(45)34-40/h1-19,21-34,51H,20H2. The first-order valence-corrected chi connectivity index (χ1v) is 19.6. The van der Waals surface area contributed by atoms with Crippen molar-refractivity contribution >= 4 is 71.1 Å². The quantitative estimate of drug-likeness (QED) is 0.165. The van der Waals surface area contributed by atoms with Crippen LogP contribution >= 0.6 is 0 Å². The molecule has 262 valence electrons. The molecule has 10 aromatic rings. The number of fused-ring (bicyclic) bond motifs is 12. The summed E-state index contributed by atoms with van der Waals surface area (Å²) in [6, 6.07) is 67.6. The SMILES string of the molecule is C1=CCC2C(=C1)c1cc(-c3ccc4c(c3)c3ccccc3n4-c3ccc4c5ccccc5c5ccccc5c4c3)ccc1N2c1ccc(-c2ccccc2)cc1. The summed E-state index contributed by atoms with van der Waals surface area (Å²) in [4.78, 5) is 2.54. The van der Waals surface area contributed by atoms with E-state index in [4.69, 9.17) is 0 Å². The molecule has 0 N–H and O–H groups in total. The van der Waals surface area contributed by atoms with E-state index in [0.29, 0.717) is 0 Å². The zero-order chi connectivity index (χ0) is 36.7. The number of para-hydroxylation sites is 1. The molecule has 0 amide bonds. The second-order valence-corrected chi connectivity index (χ2v) is 15.2. The molecule has 0 radical (unpaired) electrons. The maximum absolute atomic E-state index is 2.54. The van der Waals surface area contributed by atoms with Crippen molar-refractivity contribution in [3.05, 3.63) is 206 Å². The zero-order valence-electron chi connectivity index (χ0n) is 30.7. The van der Waals surface area contributed by atoms with Gasteiger partial charge in [0.1, 0.15) is 0 Å². The van der Waals surface area contributed by atoms with E-state index < -0.39 is 0 Å². The van der Waals surface area contributed by atoms with E-state index in [9.17, 15) is 0 Å². The van der Waals surface area contributed by atoms with E-state index in [-0.39, 0.29) is 6.04 Å². The molecule has 2 aliphatic rings. The van der Waals surface area contributed by atoms with Gasteiger partial charge in [0.15, 0.2) is 0 Å². The lowest BCUT2D eigenvalue weighted by Gasteiger charge is -2.28. The van der Waals surface area contributed by atoms with Crippen molar-refractivity contribution in [3.8, 4) is 27.9 Å². The fourth-order valence-corrected chi connectivity index (χ4v) is 9.69. The molecule has 1 atom stereocenters. The molecule has 1 aromatic heterocycles. The van der Waals surface area contributed by atoms with Crippen molar-refractivity contribution in [2.75, 3.05) is 4.90 Å². The third-order valence-corrected chi connectivity index (χ3v) is 12.3. The number of anilines is 2. The van der Waals surface area contributed by atoms with Crippen LogP contribution in [0.15, 0.2) is 200 Å². The van der Waals surface area contributed by atoms with Crippen LogP contribution in [0.2, 0.25) is 0 Å². The van der Waals surface area contributed by atoms with Gasteiger partial charge >= 0.3 is 0 Å². The molecule has 56 heavy (non-hydrogen) atoms. The lowest BCUT2D eigenvalue weighted by molar-refractivity contribution is 0.829. The van der Waals surface area contributed by atoms with Crippen molar-refractivity contribution in [1.29, 1.82) is 0 Å². The minimum absolute atomic E-state index is 0.283. The molecule has 1 unspecified atom stereocenters. The van der Waals surface area contributed by atoms with Gasteiger partial charge in [-0.1, -0.05) is 146 Å². The summed E-state index contributed by atoms with van der Waals surface area (Å²) in [5.41, 5.74) is 13.8. The largest absolute Gasteiger partial charge is 0.333 e. The first kappa shape index (κ1) is 31.2. The lowest BCUT2D eigenvalue weighted by Crippen LogP contribution is -2.26. The predicted octanol–water partition coefficient (Wildman–Crippen LogP) is 14.4. The van der Waals surface area contributed by atoms with Gasteiger partial charge in [-0.15, -0.1) is 0 Å². The summed E-state index contributed by atoms with van der Waals surface area (Å²) in [7, 11) is 0. The van der Waals surface area contributed by atoms with E-state index in [2.05, 4.69) is 210 Å². The number of rotatable bonds is 4. The summed E-state index contributed by atoms with van der Waals surface area (Å²) in [6.07, 6.45) is 7.84. The predicted molar refractivity (Wildman–Crippen MR) is 238 cm³/mol. The molecule has 0 saturated carbocycles. The average Bonchev–Trinajstić information content (AvgIpc) is 3.79. The summed E-state index contributed by atoms with van der Waals surface area (Å²) in [6.45, 7) is 0. The fourth-order valence-electron chi connectivity index (χ4n) is 9.69. The van der Waals surface area contributed by atoms with Crippen LogP contribution in [0.3, 0.4) is 0 Å². The summed E-state index contributed by atoms with van der Waals surface area (Å²) in [5.74, 6) is 0. The van der Waals surface area contributed by atoms with E-state index in [0.717, 1.165) is 6.42 Å². The van der Waals surface area contributed by atoms with Gasteiger partial charge in [0, 0.05) is 33.4 Å². The lowest BCUT2D eigenvalue weighted by atomic mass is 9.93. The van der Waals surface area contributed by atoms with E-state index >= 15 is 0 Å². The second-order valence-electron chi connectivity index (χ2n) is 15.2. The highest BCUT2D eigenvalue weighted by Crippen LogP contribution is 2.49. The molecule has 12 rings (SSSR count). The Bertz CT molecular complexity index is 3240. The normalized spacial score (nSPS) is 14.9. The topological polar surface area (TPSA) is 8.17 Å². The van der Waals surface area contributed by atoms with Gasteiger partial charge in [0.25, 0.3) is 0 Å². The van der Waals surface area contributed by atoms with Crippen molar-refractivity contribution < 1.29 is 0 Å². The highest BCUT2D eigenvalue weighted by molar-refractivity contribution is 6.25. The number of nitrogens with zero attached hydrogens (tertiary/aromatic N) is 2. The van der Waals surface area contributed by atoms with Gasteiger partial charge in [-0.3, -0.25) is 0 Å². The Hall–Kier alpha value is -7.16. The van der Waals surface area contributed by atoms with Crippen LogP contribution in [0.25, 0.3) is 87.6 Å². The van der Waals surface area contributed by atoms with Crippen LogP contribution in [0.1, 0.15) is 12.0 Å². The molecule has 0 bridgehead atoms. The highest BCUT2D eigenvalue weighted by Gasteiger charge is 2.35. The number of allylic oxidation sites excluding steroid dienone is 2. The summed E-state index contributed by atoms with van der Waals surface area (Å²) >= 11 is 0. The molecular weight excluding hydrogens is 677 g/mol. The molecule has 2 heteroatoms. The van der Waals surface area contributed by atoms with E-state index in [1.807, 2.05) is 0 Å². The maximum atomic E-state index is 2.54. The van der Waals surface area contributed by atoms with Crippen LogP contribution in [-0.2, 0) is 0 Å². The smallest absolute Gasteiger partial charge is 0.0632 e. The van der Waals surface area contributed by atoms with Crippen molar-refractivity contribution in [3.63, 3.8) is 0 Å². The van der Waals surface area contributed by atoms with Gasteiger partial charge in [-0.05, 0) is 121 Å². The van der Waals surface area contributed by atoms with E-state index in [1.165, 1.54) is 105 Å². The molecule has 2 nitrogen and oxygen atoms in total. The van der Waals surface area contributed by atoms with Crippen LogP contribution in [0.5, 0.6) is 0 Å².